The minimum Gasteiger partial charge on any atom is -0.330 e. The molecule has 2 atom stereocenters. The Kier molecular flexibility index (Phi) is 5.15. The Hall–Kier alpha value is -0.870. The molecule has 17 heavy (non-hydrogen) atoms. The quantitative estimate of drug-likeness (QED) is 0.825. The third-order valence-electron chi connectivity index (χ3n) is 3.22. The Morgan fingerprint density at radius 1 is 1.35 bits per heavy atom. The zero-order valence-corrected chi connectivity index (χ0v) is 11.7. The van der Waals surface area contributed by atoms with Crippen LogP contribution >= 0.6 is 0 Å². The van der Waals surface area contributed by atoms with Crippen molar-refractivity contribution in [1.82, 2.24) is 14.5 Å². The van der Waals surface area contributed by atoms with Crippen molar-refractivity contribution in [3.8, 4) is 0 Å². The van der Waals surface area contributed by atoms with Gasteiger partial charge in [0.05, 0.1) is 12.0 Å². The summed E-state index contributed by atoms with van der Waals surface area (Å²) < 4.78 is 2.22. The van der Waals surface area contributed by atoms with E-state index >= 15 is 0 Å². The van der Waals surface area contributed by atoms with E-state index in [1.54, 1.807) is 0 Å². The van der Waals surface area contributed by atoms with Crippen molar-refractivity contribution in [3.63, 3.8) is 0 Å². The molecule has 0 fully saturated rings. The lowest BCUT2D eigenvalue weighted by Gasteiger charge is -2.23. The van der Waals surface area contributed by atoms with Gasteiger partial charge in [-0.3, -0.25) is 0 Å². The molecular weight excluding hydrogens is 212 g/mol. The van der Waals surface area contributed by atoms with E-state index in [-0.39, 0.29) is 6.04 Å². The highest BCUT2D eigenvalue weighted by atomic mass is 15.1. The molecule has 0 aliphatic carbocycles. The van der Waals surface area contributed by atoms with Gasteiger partial charge in [0.15, 0.2) is 0 Å². The lowest BCUT2D eigenvalue weighted by atomic mass is 10.0. The normalized spacial score (nSPS) is 15.5. The van der Waals surface area contributed by atoms with Crippen LogP contribution in [0.15, 0.2) is 12.5 Å². The van der Waals surface area contributed by atoms with E-state index in [0.29, 0.717) is 12.0 Å². The average Bonchev–Trinajstić information content (AvgIpc) is 2.73. The summed E-state index contributed by atoms with van der Waals surface area (Å²) in [5.41, 5.74) is 7.35. The summed E-state index contributed by atoms with van der Waals surface area (Å²) in [5, 5.41) is 0. The Morgan fingerprint density at radius 2 is 2.00 bits per heavy atom. The molecule has 0 radical (unpaired) electrons. The molecule has 2 unspecified atom stereocenters. The van der Waals surface area contributed by atoms with Crippen LogP contribution in [-0.4, -0.2) is 35.1 Å². The van der Waals surface area contributed by atoms with E-state index in [0.717, 1.165) is 18.7 Å². The van der Waals surface area contributed by atoms with Gasteiger partial charge in [0, 0.05) is 18.3 Å². The fourth-order valence-electron chi connectivity index (χ4n) is 1.87. The van der Waals surface area contributed by atoms with Crippen molar-refractivity contribution in [2.45, 2.75) is 39.3 Å². The Bertz CT molecular complexity index is 330. The third kappa shape index (κ3) is 3.82. The summed E-state index contributed by atoms with van der Waals surface area (Å²) in [4.78, 5) is 6.45. The molecule has 2 N–H and O–H groups in total. The molecule has 0 bridgehead atoms. The van der Waals surface area contributed by atoms with Crippen LogP contribution in [0.2, 0.25) is 0 Å². The molecule has 0 aliphatic heterocycles. The Morgan fingerprint density at radius 3 is 2.53 bits per heavy atom. The molecule has 0 spiro atoms. The van der Waals surface area contributed by atoms with Crippen LogP contribution < -0.4 is 5.73 Å². The molecule has 0 saturated heterocycles. The van der Waals surface area contributed by atoms with Gasteiger partial charge in [-0.15, -0.1) is 0 Å². The largest absolute Gasteiger partial charge is 0.330 e. The maximum atomic E-state index is 6.21. The maximum absolute atomic E-state index is 6.21. The lowest BCUT2D eigenvalue weighted by Crippen LogP contribution is -2.23. The first-order valence-corrected chi connectivity index (χ1v) is 6.35. The molecule has 1 rings (SSSR count). The number of hydrogen-bond acceptors (Lipinski definition) is 3. The standard InChI is InChI=1S/C13H26N4/c1-10(2)13(14)12-8-15-9-17(12)11(3)6-7-16(4)5/h8-11,13H,6-7,14H2,1-5H3. The fraction of sp³-hybridized carbons (Fsp3) is 0.769. The average molecular weight is 238 g/mol. The van der Waals surface area contributed by atoms with Gasteiger partial charge < -0.3 is 15.2 Å². The predicted octanol–water partition coefficient (Wildman–Crippen LogP) is 2.05. The number of imidazole rings is 1. The molecule has 0 saturated carbocycles. The first-order chi connectivity index (χ1) is 7.93. The van der Waals surface area contributed by atoms with E-state index in [1.807, 2.05) is 12.5 Å². The highest BCUT2D eigenvalue weighted by Gasteiger charge is 2.17. The van der Waals surface area contributed by atoms with Crippen molar-refractivity contribution >= 4 is 0 Å². The molecule has 1 aromatic heterocycles. The van der Waals surface area contributed by atoms with Gasteiger partial charge in [-0.05, 0) is 39.9 Å². The Labute approximate surface area is 105 Å². The highest BCUT2D eigenvalue weighted by molar-refractivity contribution is 5.06. The van der Waals surface area contributed by atoms with Crippen molar-refractivity contribution in [3.05, 3.63) is 18.2 Å². The van der Waals surface area contributed by atoms with E-state index in [9.17, 15) is 0 Å². The molecule has 0 amide bonds. The van der Waals surface area contributed by atoms with Gasteiger partial charge in [0.25, 0.3) is 0 Å². The molecular formula is C13H26N4. The monoisotopic (exact) mass is 238 g/mol. The van der Waals surface area contributed by atoms with Gasteiger partial charge in [0.1, 0.15) is 0 Å². The minimum absolute atomic E-state index is 0.0688. The third-order valence-corrected chi connectivity index (χ3v) is 3.22. The fourth-order valence-corrected chi connectivity index (χ4v) is 1.87. The predicted molar refractivity (Wildman–Crippen MR) is 71.9 cm³/mol. The maximum Gasteiger partial charge on any atom is 0.0951 e. The summed E-state index contributed by atoms with van der Waals surface area (Å²) in [7, 11) is 4.20. The SMILES string of the molecule is CC(C)C(N)c1cncn1C(C)CCN(C)C. The number of hydrogen-bond donors (Lipinski definition) is 1. The topological polar surface area (TPSA) is 47.1 Å². The van der Waals surface area contributed by atoms with Gasteiger partial charge in [-0.1, -0.05) is 13.8 Å². The molecule has 0 aliphatic rings. The molecule has 4 nitrogen and oxygen atoms in total. The summed E-state index contributed by atoms with van der Waals surface area (Å²) in [6, 6.07) is 0.513. The number of nitrogens with zero attached hydrogens (tertiary/aromatic N) is 3. The number of aromatic nitrogens is 2. The van der Waals surface area contributed by atoms with Gasteiger partial charge in [-0.2, -0.15) is 0 Å². The van der Waals surface area contributed by atoms with Crippen molar-refractivity contribution in [2.24, 2.45) is 11.7 Å². The smallest absolute Gasteiger partial charge is 0.0951 e. The van der Waals surface area contributed by atoms with Crippen LogP contribution in [-0.2, 0) is 0 Å². The van der Waals surface area contributed by atoms with Crippen molar-refractivity contribution < 1.29 is 0 Å². The second kappa shape index (κ2) is 6.17. The van der Waals surface area contributed by atoms with Gasteiger partial charge in [-0.25, -0.2) is 4.98 Å². The van der Waals surface area contributed by atoms with E-state index in [2.05, 4.69) is 49.3 Å². The Balaban J connectivity index is 2.74. The lowest BCUT2D eigenvalue weighted by molar-refractivity contribution is 0.348. The molecule has 98 valence electrons. The van der Waals surface area contributed by atoms with Crippen LogP contribution in [0, 0.1) is 5.92 Å². The van der Waals surface area contributed by atoms with Crippen molar-refractivity contribution in [2.75, 3.05) is 20.6 Å². The van der Waals surface area contributed by atoms with E-state index in [1.165, 1.54) is 0 Å². The summed E-state index contributed by atoms with van der Waals surface area (Å²) >= 11 is 0. The second-order valence-corrected chi connectivity index (χ2v) is 5.44. The van der Waals surface area contributed by atoms with Crippen LogP contribution in [0.4, 0.5) is 0 Å². The van der Waals surface area contributed by atoms with Crippen molar-refractivity contribution in [1.29, 1.82) is 0 Å². The second-order valence-electron chi connectivity index (χ2n) is 5.44. The van der Waals surface area contributed by atoms with Crippen LogP contribution in [0.3, 0.4) is 0 Å². The first kappa shape index (κ1) is 14.2. The molecule has 0 aromatic carbocycles. The summed E-state index contributed by atoms with van der Waals surface area (Å²) in [6.07, 6.45) is 4.91. The van der Waals surface area contributed by atoms with E-state index in [4.69, 9.17) is 5.73 Å². The van der Waals surface area contributed by atoms with Gasteiger partial charge in [0.2, 0.25) is 0 Å². The number of nitrogens with two attached hydrogens (primary N) is 1. The molecule has 4 heteroatoms. The zero-order chi connectivity index (χ0) is 13.0. The van der Waals surface area contributed by atoms with Crippen LogP contribution in [0.5, 0.6) is 0 Å². The first-order valence-electron chi connectivity index (χ1n) is 6.35. The summed E-state index contributed by atoms with van der Waals surface area (Å²) in [6.45, 7) is 7.59. The number of rotatable bonds is 6. The minimum atomic E-state index is 0.0688. The van der Waals surface area contributed by atoms with E-state index < -0.39 is 0 Å². The van der Waals surface area contributed by atoms with Crippen LogP contribution in [0.1, 0.15) is 45.0 Å². The molecule has 1 aromatic rings. The molecule has 1 heterocycles. The van der Waals surface area contributed by atoms with Gasteiger partial charge >= 0.3 is 0 Å². The summed E-state index contributed by atoms with van der Waals surface area (Å²) in [5.74, 6) is 0.437. The highest BCUT2D eigenvalue weighted by Crippen LogP contribution is 2.22. The van der Waals surface area contributed by atoms with Crippen LogP contribution in [0.25, 0.3) is 0 Å². The zero-order valence-electron chi connectivity index (χ0n) is 11.7.